The first kappa shape index (κ1) is 9.87. The lowest BCUT2D eigenvalue weighted by atomic mass is 10.3. The van der Waals surface area contributed by atoms with Crippen molar-refractivity contribution in [2.45, 2.75) is 9.79 Å². The molecule has 2 aromatic carbocycles. The zero-order chi connectivity index (χ0) is 10.8. The van der Waals surface area contributed by atoms with E-state index in [0.717, 1.165) is 5.52 Å². The Labute approximate surface area is 102 Å². The number of aromatic nitrogens is 1. The summed E-state index contributed by atoms with van der Waals surface area (Å²) in [5.74, 6) is 0. The number of thiazole rings is 1. The summed E-state index contributed by atoms with van der Waals surface area (Å²) in [6.45, 7) is 0. The van der Waals surface area contributed by atoms with Crippen molar-refractivity contribution in [2.24, 2.45) is 0 Å². The highest BCUT2D eigenvalue weighted by Crippen LogP contribution is 2.30. The number of hydrogen-bond acceptors (Lipinski definition) is 3. The Bertz CT molecular complexity index is 601. The third-order valence-corrected chi connectivity index (χ3v) is 4.07. The Morgan fingerprint density at radius 3 is 2.69 bits per heavy atom. The van der Waals surface area contributed by atoms with Crippen LogP contribution in [0.3, 0.4) is 0 Å². The highest BCUT2D eigenvalue weighted by molar-refractivity contribution is 7.99. The SMILES string of the molecule is c1ccc(Sc2ccc3ncsc3c2)cc1. The van der Waals surface area contributed by atoms with Crippen molar-refractivity contribution in [3.05, 3.63) is 54.0 Å². The highest BCUT2D eigenvalue weighted by Gasteiger charge is 2.00. The summed E-state index contributed by atoms with van der Waals surface area (Å²) in [5, 5.41) is 0. The van der Waals surface area contributed by atoms with E-state index < -0.39 is 0 Å². The molecule has 3 aromatic rings. The van der Waals surface area contributed by atoms with E-state index >= 15 is 0 Å². The van der Waals surface area contributed by atoms with Gasteiger partial charge in [-0.2, -0.15) is 0 Å². The van der Waals surface area contributed by atoms with Gasteiger partial charge in [0.25, 0.3) is 0 Å². The van der Waals surface area contributed by atoms with Gasteiger partial charge in [0, 0.05) is 9.79 Å². The molecule has 0 aliphatic heterocycles. The van der Waals surface area contributed by atoms with Crippen LogP contribution in [0, 0.1) is 0 Å². The third kappa shape index (κ3) is 1.96. The number of rotatable bonds is 2. The fraction of sp³-hybridized carbons (Fsp3) is 0. The smallest absolute Gasteiger partial charge is 0.0812 e. The molecule has 78 valence electrons. The molecular formula is C13H9NS2. The Balaban J connectivity index is 1.94. The van der Waals surface area contributed by atoms with Crippen molar-refractivity contribution in [2.75, 3.05) is 0 Å². The van der Waals surface area contributed by atoms with Crippen LogP contribution >= 0.6 is 23.1 Å². The van der Waals surface area contributed by atoms with Gasteiger partial charge in [0.2, 0.25) is 0 Å². The second kappa shape index (κ2) is 4.28. The normalized spacial score (nSPS) is 10.8. The molecular weight excluding hydrogens is 234 g/mol. The van der Waals surface area contributed by atoms with Crippen molar-refractivity contribution in [3.8, 4) is 0 Å². The summed E-state index contributed by atoms with van der Waals surface area (Å²) < 4.78 is 1.25. The molecule has 0 N–H and O–H groups in total. The van der Waals surface area contributed by atoms with E-state index in [1.165, 1.54) is 14.5 Å². The molecule has 1 aromatic heterocycles. The first-order valence-electron chi connectivity index (χ1n) is 4.98. The fourth-order valence-corrected chi connectivity index (χ4v) is 3.19. The molecule has 0 fully saturated rings. The Morgan fingerprint density at radius 1 is 0.938 bits per heavy atom. The van der Waals surface area contributed by atoms with Crippen molar-refractivity contribution >= 4 is 33.3 Å². The van der Waals surface area contributed by atoms with Crippen LogP contribution < -0.4 is 0 Å². The molecule has 0 amide bonds. The summed E-state index contributed by atoms with van der Waals surface area (Å²) in [5.41, 5.74) is 2.98. The van der Waals surface area contributed by atoms with E-state index in [9.17, 15) is 0 Å². The van der Waals surface area contributed by atoms with E-state index in [4.69, 9.17) is 0 Å². The monoisotopic (exact) mass is 243 g/mol. The van der Waals surface area contributed by atoms with Crippen molar-refractivity contribution < 1.29 is 0 Å². The van der Waals surface area contributed by atoms with Gasteiger partial charge in [0.1, 0.15) is 0 Å². The number of hydrogen-bond donors (Lipinski definition) is 0. The van der Waals surface area contributed by atoms with E-state index in [-0.39, 0.29) is 0 Å². The minimum atomic E-state index is 1.09. The second-order valence-corrected chi connectivity index (χ2v) is 5.43. The fourth-order valence-electron chi connectivity index (χ4n) is 1.52. The maximum absolute atomic E-state index is 4.28. The zero-order valence-corrected chi connectivity index (χ0v) is 10.1. The summed E-state index contributed by atoms with van der Waals surface area (Å²) >= 11 is 3.47. The third-order valence-electron chi connectivity index (χ3n) is 2.28. The van der Waals surface area contributed by atoms with E-state index in [1.807, 2.05) is 11.6 Å². The lowest BCUT2D eigenvalue weighted by Gasteiger charge is -2.00. The topological polar surface area (TPSA) is 12.9 Å². The minimum Gasteiger partial charge on any atom is -0.245 e. The molecule has 0 radical (unpaired) electrons. The van der Waals surface area contributed by atoms with Gasteiger partial charge in [-0.15, -0.1) is 11.3 Å². The van der Waals surface area contributed by atoms with Crippen LogP contribution in [0.15, 0.2) is 63.8 Å². The molecule has 0 atom stereocenters. The molecule has 0 unspecified atom stereocenters. The first-order valence-corrected chi connectivity index (χ1v) is 6.67. The van der Waals surface area contributed by atoms with Gasteiger partial charge in [-0.3, -0.25) is 0 Å². The van der Waals surface area contributed by atoms with Gasteiger partial charge in [0.05, 0.1) is 15.7 Å². The van der Waals surface area contributed by atoms with Crippen LogP contribution in [0.25, 0.3) is 10.2 Å². The summed E-state index contributed by atoms with van der Waals surface area (Å²) in [4.78, 5) is 6.81. The molecule has 1 nitrogen and oxygen atoms in total. The largest absolute Gasteiger partial charge is 0.245 e. The quantitative estimate of drug-likeness (QED) is 0.659. The summed E-state index contributed by atoms with van der Waals surface area (Å²) in [6, 6.07) is 16.8. The number of nitrogens with zero attached hydrogens (tertiary/aromatic N) is 1. The maximum Gasteiger partial charge on any atom is 0.0812 e. The molecule has 0 aliphatic rings. The molecule has 0 aliphatic carbocycles. The average Bonchev–Trinajstić information content (AvgIpc) is 2.77. The van der Waals surface area contributed by atoms with Gasteiger partial charge in [-0.25, -0.2) is 4.98 Å². The maximum atomic E-state index is 4.28. The molecule has 0 saturated heterocycles. The molecule has 16 heavy (non-hydrogen) atoms. The van der Waals surface area contributed by atoms with Crippen molar-refractivity contribution in [1.29, 1.82) is 0 Å². The molecule has 0 saturated carbocycles. The average molecular weight is 243 g/mol. The lowest BCUT2D eigenvalue weighted by Crippen LogP contribution is -1.73. The van der Waals surface area contributed by atoms with Gasteiger partial charge >= 0.3 is 0 Å². The van der Waals surface area contributed by atoms with Crippen LogP contribution in [-0.2, 0) is 0 Å². The van der Waals surface area contributed by atoms with Gasteiger partial charge < -0.3 is 0 Å². The Kier molecular flexibility index (Phi) is 2.64. The molecule has 0 spiro atoms. The van der Waals surface area contributed by atoms with Gasteiger partial charge in [-0.1, -0.05) is 30.0 Å². The van der Waals surface area contributed by atoms with E-state index in [2.05, 4.69) is 47.4 Å². The van der Waals surface area contributed by atoms with Crippen LogP contribution in [0.1, 0.15) is 0 Å². The van der Waals surface area contributed by atoms with Gasteiger partial charge in [-0.05, 0) is 30.3 Å². The predicted octanol–water partition coefficient (Wildman–Crippen LogP) is 4.45. The molecule has 3 heteroatoms. The van der Waals surface area contributed by atoms with E-state index in [0.29, 0.717) is 0 Å². The molecule has 1 heterocycles. The van der Waals surface area contributed by atoms with Crippen molar-refractivity contribution in [3.63, 3.8) is 0 Å². The van der Waals surface area contributed by atoms with Crippen LogP contribution in [0.5, 0.6) is 0 Å². The molecule has 0 bridgehead atoms. The summed E-state index contributed by atoms with van der Waals surface area (Å²) in [7, 11) is 0. The number of benzene rings is 2. The van der Waals surface area contributed by atoms with Crippen LogP contribution in [0.2, 0.25) is 0 Å². The molecule has 3 rings (SSSR count). The standard InChI is InChI=1S/C13H9NS2/c1-2-4-10(5-3-1)16-11-6-7-12-13(8-11)15-9-14-12/h1-9H. The van der Waals surface area contributed by atoms with E-state index in [1.54, 1.807) is 23.1 Å². The summed E-state index contributed by atoms with van der Waals surface area (Å²) in [6.07, 6.45) is 0. The van der Waals surface area contributed by atoms with Crippen molar-refractivity contribution in [1.82, 2.24) is 4.98 Å². The predicted molar refractivity (Wildman–Crippen MR) is 70.2 cm³/mol. The lowest BCUT2D eigenvalue weighted by molar-refractivity contribution is 1.42. The minimum absolute atomic E-state index is 1.09. The Morgan fingerprint density at radius 2 is 1.81 bits per heavy atom. The zero-order valence-electron chi connectivity index (χ0n) is 8.46. The van der Waals surface area contributed by atoms with Crippen LogP contribution in [0.4, 0.5) is 0 Å². The number of fused-ring (bicyclic) bond motifs is 1. The van der Waals surface area contributed by atoms with Gasteiger partial charge in [0.15, 0.2) is 0 Å². The highest BCUT2D eigenvalue weighted by atomic mass is 32.2. The van der Waals surface area contributed by atoms with Crippen LogP contribution in [-0.4, -0.2) is 4.98 Å². The Hall–Kier alpha value is -1.32. The first-order chi connectivity index (χ1) is 7.92. The second-order valence-electron chi connectivity index (χ2n) is 3.40.